The Hall–Kier alpha value is -2.40. The molecule has 0 radical (unpaired) electrons. The van der Waals surface area contributed by atoms with Crippen LogP contribution < -0.4 is 4.90 Å². The molecule has 1 amide bonds. The average Bonchev–Trinajstić information content (AvgIpc) is 2.74. The van der Waals surface area contributed by atoms with Crippen molar-refractivity contribution in [1.82, 2.24) is 9.80 Å². The first-order chi connectivity index (χ1) is 13.6. The number of carbonyl (C=O) groups is 1. The van der Waals surface area contributed by atoms with E-state index < -0.39 is 0 Å². The van der Waals surface area contributed by atoms with Crippen LogP contribution in [0.25, 0.3) is 0 Å². The van der Waals surface area contributed by atoms with E-state index in [0.717, 1.165) is 52.1 Å². The lowest BCUT2D eigenvalue weighted by Crippen LogP contribution is -2.56. The lowest BCUT2D eigenvalue weighted by atomic mass is 10.0. The Morgan fingerprint density at radius 1 is 0.964 bits per heavy atom. The number of carbonyl (C=O) groups excluding carboxylic acids is 1. The monoisotopic (exact) mass is 381 g/mol. The van der Waals surface area contributed by atoms with E-state index in [1.54, 1.807) is 12.1 Å². The van der Waals surface area contributed by atoms with E-state index >= 15 is 0 Å². The number of hydrogen-bond donors (Lipinski definition) is 0. The molecule has 1 atom stereocenters. The molecule has 4 rings (SSSR count). The van der Waals surface area contributed by atoms with Crippen molar-refractivity contribution in [3.05, 3.63) is 65.5 Å². The van der Waals surface area contributed by atoms with Gasteiger partial charge in [-0.2, -0.15) is 0 Å². The first-order valence-corrected chi connectivity index (χ1v) is 10.2. The molecule has 2 aliphatic rings. The van der Waals surface area contributed by atoms with Gasteiger partial charge in [0, 0.05) is 56.6 Å². The van der Waals surface area contributed by atoms with Crippen LogP contribution in [-0.2, 0) is 0 Å². The summed E-state index contributed by atoms with van der Waals surface area (Å²) < 4.78 is 13.1. The summed E-state index contributed by atoms with van der Waals surface area (Å²) in [6.45, 7) is 7.81. The minimum atomic E-state index is -0.306. The van der Waals surface area contributed by atoms with E-state index in [1.165, 1.54) is 23.4 Å². The van der Waals surface area contributed by atoms with Crippen molar-refractivity contribution in [3.63, 3.8) is 0 Å². The summed E-state index contributed by atoms with van der Waals surface area (Å²) in [5.41, 5.74) is 3.23. The predicted octanol–water partition coefficient (Wildman–Crippen LogP) is 3.56. The number of nitrogens with zero attached hydrogens (tertiary/aromatic N) is 3. The molecular weight excluding hydrogens is 353 g/mol. The van der Waals surface area contributed by atoms with Crippen LogP contribution >= 0.6 is 0 Å². The first-order valence-electron chi connectivity index (χ1n) is 10.2. The highest BCUT2D eigenvalue weighted by Crippen LogP contribution is 2.24. The van der Waals surface area contributed by atoms with E-state index in [9.17, 15) is 9.18 Å². The number of aryl methyl sites for hydroxylation is 1. The maximum atomic E-state index is 13.1. The van der Waals surface area contributed by atoms with Crippen LogP contribution in [0.3, 0.4) is 0 Å². The molecule has 2 aliphatic heterocycles. The number of para-hydroxylation sites is 1. The zero-order chi connectivity index (χ0) is 19.5. The lowest BCUT2D eigenvalue weighted by molar-refractivity contribution is 0.0563. The van der Waals surface area contributed by atoms with Gasteiger partial charge in [-0.25, -0.2) is 4.39 Å². The maximum absolute atomic E-state index is 13.1. The molecular formula is C23H28FN3O. The molecule has 28 heavy (non-hydrogen) atoms. The summed E-state index contributed by atoms with van der Waals surface area (Å²) in [4.78, 5) is 19.7. The summed E-state index contributed by atoms with van der Waals surface area (Å²) >= 11 is 0. The van der Waals surface area contributed by atoms with Gasteiger partial charge in [0.1, 0.15) is 5.82 Å². The molecule has 4 nitrogen and oxygen atoms in total. The molecule has 0 saturated carbocycles. The van der Waals surface area contributed by atoms with E-state index in [-0.39, 0.29) is 11.7 Å². The van der Waals surface area contributed by atoms with Crippen molar-refractivity contribution < 1.29 is 9.18 Å². The van der Waals surface area contributed by atoms with Crippen molar-refractivity contribution >= 4 is 11.6 Å². The summed E-state index contributed by atoms with van der Waals surface area (Å²) in [5, 5.41) is 0. The Morgan fingerprint density at radius 2 is 1.68 bits per heavy atom. The van der Waals surface area contributed by atoms with E-state index in [1.807, 2.05) is 4.90 Å². The zero-order valence-corrected chi connectivity index (χ0v) is 16.5. The fourth-order valence-electron chi connectivity index (χ4n) is 4.46. The number of halogens is 1. The zero-order valence-electron chi connectivity index (χ0n) is 16.5. The van der Waals surface area contributed by atoms with Crippen LogP contribution in [-0.4, -0.2) is 61.0 Å². The molecule has 148 valence electrons. The number of piperazine rings is 1. The minimum Gasteiger partial charge on any atom is -0.369 e. The number of amides is 1. The van der Waals surface area contributed by atoms with Crippen LogP contribution in [0.1, 0.15) is 28.8 Å². The smallest absolute Gasteiger partial charge is 0.253 e. The number of rotatable bonds is 3. The quantitative estimate of drug-likeness (QED) is 0.813. The molecule has 0 aliphatic carbocycles. The molecule has 0 spiro atoms. The van der Waals surface area contributed by atoms with Gasteiger partial charge >= 0.3 is 0 Å². The number of likely N-dealkylation sites (tertiary alicyclic amines) is 1. The molecule has 2 aromatic carbocycles. The van der Waals surface area contributed by atoms with Crippen LogP contribution in [0.15, 0.2) is 48.5 Å². The van der Waals surface area contributed by atoms with Gasteiger partial charge in [-0.15, -0.1) is 0 Å². The Balaban J connectivity index is 1.36. The SMILES string of the molecule is Cc1ccccc1N1CCN([C@H]2CCCN(C(=O)c3ccc(F)cc3)C2)CC1. The fourth-order valence-corrected chi connectivity index (χ4v) is 4.46. The number of benzene rings is 2. The van der Waals surface area contributed by atoms with Gasteiger partial charge in [-0.3, -0.25) is 9.69 Å². The lowest BCUT2D eigenvalue weighted by Gasteiger charge is -2.44. The summed E-state index contributed by atoms with van der Waals surface area (Å²) in [7, 11) is 0. The molecule has 0 aromatic heterocycles. The van der Waals surface area contributed by atoms with Crippen molar-refractivity contribution in [1.29, 1.82) is 0 Å². The Kier molecular flexibility index (Phi) is 5.62. The number of hydrogen-bond acceptors (Lipinski definition) is 3. The van der Waals surface area contributed by atoms with Gasteiger partial charge < -0.3 is 9.80 Å². The van der Waals surface area contributed by atoms with Crippen molar-refractivity contribution in [2.24, 2.45) is 0 Å². The second-order valence-electron chi connectivity index (χ2n) is 7.86. The molecule has 0 N–H and O–H groups in total. The maximum Gasteiger partial charge on any atom is 0.253 e. The fraction of sp³-hybridized carbons (Fsp3) is 0.435. The third-order valence-electron chi connectivity index (χ3n) is 6.06. The van der Waals surface area contributed by atoms with Gasteiger partial charge in [0.25, 0.3) is 5.91 Å². The molecule has 5 heteroatoms. The Labute approximate surface area is 166 Å². The topological polar surface area (TPSA) is 26.8 Å². The van der Waals surface area contributed by atoms with Gasteiger partial charge in [0.2, 0.25) is 0 Å². The summed E-state index contributed by atoms with van der Waals surface area (Å²) in [6, 6.07) is 14.9. The Morgan fingerprint density at radius 3 is 2.39 bits per heavy atom. The van der Waals surface area contributed by atoms with E-state index in [4.69, 9.17) is 0 Å². The second-order valence-corrected chi connectivity index (χ2v) is 7.86. The normalized spacial score (nSPS) is 21.0. The van der Waals surface area contributed by atoms with Gasteiger partial charge in [-0.1, -0.05) is 18.2 Å². The van der Waals surface area contributed by atoms with Crippen LogP contribution in [0.4, 0.5) is 10.1 Å². The third kappa shape index (κ3) is 4.04. The highest BCUT2D eigenvalue weighted by Gasteiger charge is 2.30. The van der Waals surface area contributed by atoms with E-state index in [2.05, 4.69) is 41.0 Å². The van der Waals surface area contributed by atoms with Crippen molar-refractivity contribution in [3.8, 4) is 0 Å². The second kappa shape index (κ2) is 8.31. The summed E-state index contributed by atoms with van der Waals surface area (Å²) in [5.74, 6) is -0.289. The van der Waals surface area contributed by atoms with Crippen LogP contribution in [0.5, 0.6) is 0 Å². The minimum absolute atomic E-state index is 0.0169. The van der Waals surface area contributed by atoms with Gasteiger partial charge in [-0.05, 0) is 55.7 Å². The average molecular weight is 381 g/mol. The number of piperidine rings is 1. The third-order valence-corrected chi connectivity index (χ3v) is 6.06. The Bertz CT molecular complexity index is 815. The molecule has 2 fully saturated rings. The van der Waals surface area contributed by atoms with Gasteiger partial charge in [0.15, 0.2) is 0 Å². The largest absolute Gasteiger partial charge is 0.369 e. The predicted molar refractivity (Wildman–Crippen MR) is 110 cm³/mol. The van der Waals surface area contributed by atoms with Crippen molar-refractivity contribution in [2.75, 3.05) is 44.2 Å². The molecule has 2 heterocycles. The molecule has 2 aromatic rings. The van der Waals surface area contributed by atoms with Crippen LogP contribution in [0.2, 0.25) is 0 Å². The van der Waals surface area contributed by atoms with Crippen LogP contribution in [0, 0.1) is 12.7 Å². The van der Waals surface area contributed by atoms with E-state index in [0.29, 0.717) is 11.6 Å². The summed E-state index contributed by atoms with van der Waals surface area (Å²) in [6.07, 6.45) is 2.16. The first kappa shape index (κ1) is 18.9. The number of anilines is 1. The van der Waals surface area contributed by atoms with Gasteiger partial charge in [0.05, 0.1) is 0 Å². The molecule has 0 bridgehead atoms. The molecule has 0 unspecified atom stereocenters. The molecule has 2 saturated heterocycles. The highest BCUT2D eigenvalue weighted by molar-refractivity contribution is 5.94. The standard InChI is InChI=1S/C23H28FN3O/c1-18-5-2-3-7-22(18)26-15-13-25(14-16-26)21-6-4-12-27(17-21)23(28)19-8-10-20(24)11-9-19/h2-3,5,7-11,21H,4,6,12-17H2,1H3/t21-/m0/s1. The van der Waals surface area contributed by atoms with Crippen molar-refractivity contribution in [2.45, 2.75) is 25.8 Å². The highest BCUT2D eigenvalue weighted by atomic mass is 19.1.